The average Bonchev–Trinajstić information content (AvgIpc) is 3.30. The monoisotopic (exact) mass is 331 g/mol. The van der Waals surface area contributed by atoms with Crippen LogP contribution in [0.5, 0.6) is 0 Å². The van der Waals surface area contributed by atoms with Gasteiger partial charge < -0.3 is 40.2 Å². The van der Waals surface area contributed by atoms with E-state index in [4.69, 9.17) is 4.65 Å². The molecule has 1 fully saturated rings. The molecule has 0 spiro atoms. The van der Waals surface area contributed by atoms with Crippen LogP contribution in [0.2, 0.25) is 0 Å². The van der Waals surface area contributed by atoms with Crippen molar-refractivity contribution >= 4 is 12.5 Å². The van der Waals surface area contributed by atoms with Crippen molar-refractivity contribution in [2.24, 2.45) is 0 Å². The Balaban J connectivity index is 0.000000253. The van der Waals surface area contributed by atoms with Crippen LogP contribution in [0.25, 0.3) is 0 Å². The van der Waals surface area contributed by atoms with Gasteiger partial charge in [0.15, 0.2) is 0 Å². The van der Waals surface area contributed by atoms with Crippen molar-refractivity contribution in [3.05, 3.63) is 90.5 Å². The van der Waals surface area contributed by atoms with Gasteiger partial charge in [-0.25, -0.2) is 12.1 Å². The number of rotatable bonds is 2. The predicted molar refractivity (Wildman–Crippen MR) is 87.7 cm³/mol. The summed E-state index contributed by atoms with van der Waals surface area (Å²) in [5.74, 6) is 0. The van der Waals surface area contributed by atoms with Crippen LogP contribution in [0, 0.1) is 0 Å². The topological polar surface area (TPSA) is 21.3 Å². The Morgan fingerprint density at radius 1 is 0.955 bits per heavy atom. The minimum absolute atomic E-state index is 0. The van der Waals surface area contributed by atoms with Crippen molar-refractivity contribution < 1.29 is 21.7 Å². The number of hydrogen-bond donors (Lipinski definition) is 1. The molecule has 1 aliphatic heterocycles. The number of hydrogen-bond acceptors (Lipinski definition) is 2. The standard InChI is InChI=1S/C13H13BNO.C5H5.Fe/c1-2-6-11(7-3-1)13-10-15-14(16-13)12-8-4-5-9-12;1-2-4-5-3-1;/h1-9,13,15H,10H2;1-5H;/q-1;-5;. The minimum Gasteiger partial charge on any atom is -0.748 e. The summed E-state index contributed by atoms with van der Waals surface area (Å²) in [7, 11) is 0.0419. The van der Waals surface area contributed by atoms with E-state index in [1.165, 1.54) is 11.0 Å². The molecule has 2 nitrogen and oxygen atoms in total. The third-order valence-corrected chi connectivity index (χ3v) is 3.51. The van der Waals surface area contributed by atoms with E-state index in [-0.39, 0.29) is 30.2 Å². The Kier molecular flexibility index (Phi) is 6.69. The van der Waals surface area contributed by atoms with E-state index in [1.807, 2.05) is 48.5 Å². The van der Waals surface area contributed by atoms with E-state index in [1.54, 1.807) is 0 Å². The van der Waals surface area contributed by atoms with Crippen molar-refractivity contribution in [2.45, 2.75) is 6.10 Å². The van der Waals surface area contributed by atoms with Crippen LogP contribution < -0.4 is 10.7 Å². The second kappa shape index (κ2) is 8.77. The maximum Gasteiger partial charge on any atom is 0.341 e. The van der Waals surface area contributed by atoms with Crippen molar-refractivity contribution in [3.8, 4) is 0 Å². The van der Waals surface area contributed by atoms with Gasteiger partial charge in [-0.05, 0) is 5.56 Å². The van der Waals surface area contributed by atoms with Gasteiger partial charge >= 0.3 is 7.05 Å². The molecule has 0 bridgehead atoms. The van der Waals surface area contributed by atoms with Crippen LogP contribution in [0.3, 0.4) is 0 Å². The Morgan fingerprint density at radius 2 is 1.55 bits per heavy atom. The molecular weight excluding hydrogens is 313 g/mol. The fourth-order valence-corrected chi connectivity index (χ4v) is 2.42. The Labute approximate surface area is 142 Å². The second-order valence-corrected chi connectivity index (χ2v) is 5.00. The molecule has 118 valence electrons. The van der Waals surface area contributed by atoms with E-state index in [9.17, 15) is 0 Å². The first kappa shape index (κ1) is 16.8. The van der Waals surface area contributed by atoms with Gasteiger partial charge in [-0.3, -0.25) is 0 Å². The van der Waals surface area contributed by atoms with Gasteiger partial charge in [0.05, 0.1) is 6.10 Å². The first-order chi connectivity index (χ1) is 10.4. The quantitative estimate of drug-likeness (QED) is 0.576. The van der Waals surface area contributed by atoms with Crippen LogP contribution in [0.4, 0.5) is 0 Å². The fourth-order valence-electron chi connectivity index (χ4n) is 2.42. The van der Waals surface area contributed by atoms with E-state index in [0.29, 0.717) is 0 Å². The van der Waals surface area contributed by atoms with Crippen LogP contribution in [0.1, 0.15) is 11.7 Å². The summed E-state index contributed by atoms with van der Waals surface area (Å²) in [6.07, 6.45) is 0.168. The fraction of sp³-hybridized carbons (Fsp3) is 0.111. The summed E-state index contributed by atoms with van der Waals surface area (Å²) in [4.78, 5) is 0. The molecule has 0 radical (unpaired) electrons. The summed E-state index contributed by atoms with van der Waals surface area (Å²) < 4.78 is 5.98. The molecular formula is C18H18BFeNO-6. The smallest absolute Gasteiger partial charge is 0.341 e. The van der Waals surface area contributed by atoms with Crippen LogP contribution >= 0.6 is 0 Å². The van der Waals surface area contributed by atoms with Crippen LogP contribution in [-0.2, 0) is 21.7 Å². The minimum atomic E-state index is 0. The maximum atomic E-state index is 5.98. The molecule has 1 atom stereocenters. The summed E-state index contributed by atoms with van der Waals surface area (Å²) in [5.41, 5.74) is 2.45. The second-order valence-electron chi connectivity index (χ2n) is 5.00. The van der Waals surface area contributed by atoms with Crippen LogP contribution in [0.15, 0.2) is 84.9 Å². The molecule has 3 aromatic rings. The van der Waals surface area contributed by atoms with Crippen molar-refractivity contribution in [3.63, 3.8) is 0 Å². The van der Waals surface area contributed by atoms with Crippen molar-refractivity contribution in [1.82, 2.24) is 5.23 Å². The zero-order valence-electron chi connectivity index (χ0n) is 12.2. The van der Waals surface area contributed by atoms with Gasteiger partial charge in [-0.1, -0.05) is 30.3 Å². The zero-order chi connectivity index (χ0) is 14.3. The molecule has 0 amide bonds. The predicted octanol–water partition coefficient (Wildman–Crippen LogP) is 2.86. The van der Waals surface area contributed by atoms with Gasteiger partial charge in [0.1, 0.15) is 0 Å². The van der Waals surface area contributed by atoms with E-state index in [2.05, 4.69) is 41.6 Å². The molecule has 1 saturated heterocycles. The largest absolute Gasteiger partial charge is 0.748 e. The molecule has 0 aromatic heterocycles. The first-order valence-electron chi connectivity index (χ1n) is 7.25. The first-order valence-corrected chi connectivity index (χ1v) is 7.25. The number of nitrogens with one attached hydrogen (secondary N) is 1. The molecule has 3 aromatic carbocycles. The summed E-state index contributed by atoms with van der Waals surface area (Å²) in [6, 6.07) is 28.6. The normalized spacial score (nSPS) is 16.5. The van der Waals surface area contributed by atoms with Crippen molar-refractivity contribution in [1.29, 1.82) is 0 Å². The Bertz CT molecular complexity index is 593. The molecule has 1 heterocycles. The molecule has 0 aliphatic carbocycles. The Hall–Kier alpha value is -1.58. The van der Waals surface area contributed by atoms with Gasteiger partial charge in [-0.2, -0.15) is 12.1 Å². The Morgan fingerprint density at radius 3 is 2.14 bits per heavy atom. The van der Waals surface area contributed by atoms with Gasteiger partial charge in [0.2, 0.25) is 0 Å². The third-order valence-electron chi connectivity index (χ3n) is 3.51. The van der Waals surface area contributed by atoms with Gasteiger partial charge in [0, 0.05) is 23.6 Å². The summed E-state index contributed by atoms with van der Waals surface area (Å²) in [6.45, 7) is 0.875. The molecule has 1 N–H and O–H groups in total. The van der Waals surface area contributed by atoms with Gasteiger partial charge in [-0.15, -0.1) is 5.46 Å². The molecule has 1 aliphatic rings. The molecule has 0 saturated carbocycles. The summed E-state index contributed by atoms with van der Waals surface area (Å²) >= 11 is 0. The molecule has 4 heteroatoms. The van der Waals surface area contributed by atoms with E-state index >= 15 is 0 Å². The van der Waals surface area contributed by atoms with Crippen molar-refractivity contribution in [2.75, 3.05) is 6.54 Å². The third kappa shape index (κ3) is 4.46. The molecule has 22 heavy (non-hydrogen) atoms. The average molecular weight is 331 g/mol. The maximum absolute atomic E-state index is 5.98. The van der Waals surface area contributed by atoms with Crippen LogP contribution in [-0.4, -0.2) is 13.6 Å². The molecule has 4 rings (SSSR count). The summed E-state index contributed by atoms with van der Waals surface area (Å²) in [5, 5.41) is 3.39. The number of benzene rings is 1. The molecule has 1 unspecified atom stereocenters. The van der Waals surface area contributed by atoms with E-state index in [0.717, 1.165) is 6.54 Å². The van der Waals surface area contributed by atoms with E-state index < -0.39 is 0 Å². The zero-order valence-corrected chi connectivity index (χ0v) is 13.3. The van der Waals surface area contributed by atoms with Gasteiger partial charge in [0.25, 0.3) is 0 Å². The SMILES string of the molecule is [Fe].[cH-]1[cH-][cH-][cH-][cH-]1.c1ccc(C2CNB([c-]3cccc3)O2)cc1.